The number of hydrogen-bond donors (Lipinski definition) is 0. The third-order valence-corrected chi connectivity index (χ3v) is 5.74. The third-order valence-electron chi connectivity index (χ3n) is 5.33. The Kier molecular flexibility index (Phi) is 5.12. The fourth-order valence-corrected chi connectivity index (χ4v) is 4.20. The summed E-state index contributed by atoms with van der Waals surface area (Å²) in [6, 6.07) is 9.22. The summed E-state index contributed by atoms with van der Waals surface area (Å²) in [4.78, 5) is 6.72. The van der Waals surface area contributed by atoms with Crippen LogP contribution < -0.4 is 4.90 Å². The maximum atomic E-state index is 14.8. The van der Waals surface area contributed by atoms with Crippen LogP contribution in [0.3, 0.4) is 0 Å². The fourth-order valence-electron chi connectivity index (χ4n) is 4.02. The van der Waals surface area contributed by atoms with Crippen molar-refractivity contribution in [2.45, 2.75) is 52.5 Å². The minimum Gasteiger partial charge on any atom is -0.366 e. The van der Waals surface area contributed by atoms with Crippen molar-refractivity contribution in [3.63, 3.8) is 0 Å². The number of aryl methyl sites for hydroxylation is 1. The second kappa shape index (κ2) is 7.03. The molecule has 0 N–H and O–H groups in total. The highest BCUT2D eigenvalue weighted by atomic mass is 35.5. The van der Waals surface area contributed by atoms with Crippen LogP contribution in [0.15, 0.2) is 35.3 Å². The Labute approximate surface area is 160 Å². The summed E-state index contributed by atoms with van der Waals surface area (Å²) in [5, 5.41) is 0.667. The molecule has 0 bridgehead atoms. The molecular formula is C22H26ClFN2. The van der Waals surface area contributed by atoms with Crippen LogP contribution in [0.2, 0.25) is 5.02 Å². The van der Waals surface area contributed by atoms with Gasteiger partial charge >= 0.3 is 0 Å². The van der Waals surface area contributed by atoms with E-state index in [2.05, 4.69) is 37.6 Å². The van der Waals surface area contributed by atoms with Gasteiger partial charge in [0.15, 0.2) is 0 Å². The van der Waals surface area contributed by atoms with Gasteiger partial charge < -0.3 is 4.90 Å². The van der Waals surface area contributed by atoms with E-state index in [0.29, 0.717) is 16.5 Å². The molecule has 26 heavy (non-hydrogen) atoms. The Hall–Kier alpha value is -1.87. The van der Waals surface area contributed by atoms with Crippen molar-refractivity contribution in [2.75, 3.05) is 11.4 Å². The van der Waals surface area contributed by atoms with Gasteiger partial charge in [0.1, 0.15) is 5.82 Å². The van der Waals surface area contributed by atoms with Crippen LogP contribution in [-0.2, 0) is 0 Å². The van der Waals surface area contributed by atoms with E-state index < -0.39 is 0 Å². The zero-order valence-corrected chi connectivity index (χ0v) is 16.9. The molecule has 1 unspecified atom stereocenters. The molecule has 1 aliphatic heterocycles. The van der Waals surface area contributed by atoms with Gasteiger partial charge in [0.05, 0.1) is 5.69 Å². The van der Waals surface area contributed by atoms with Crippen LogP contribution in [-0.4, -0.2) is 18.3 Å². The maximum Gasteiger partial charge on any atom is 0.134 e. The van der Waals surface area contributed by atoms with Gasteiger partial charge in [-0.05, 0) is 75.4 Å². The van der Waals surface area contributed by atoms with Gasteiger partial charge in [0, 0.05) is 34.6 Å². The molecule has 0 radical (unpaired) electrons. The lowest BCUT2D eigenvalue weighted by atomic mass is 9.79. The standard InChI is InChI=1S/C22H26ClFN2/c1-6-26-21-11-20(24)16(9-18(21)15(3)12-22(26,4)5)13-25-17-8-7-14(2)19(23)10-17/h7-11,13,15H,6,12H2,1-5H3. The van der Waals surface area contributed by atoms with Crippen molar-refractivity contribution in [1.82, 2.24) is 0 Å². The van der Waals surface area contributed by atoms with E-state index in [0.717, 1.165) is 29.9 Å². The van der Waals surface area contributed by atoms with E-state index >= 15 is 0 Å². The average molecular weight is 373 g/mol. The second-order valence-corrected chi connectivity index (χ2v) is 8.19. The molecule has 1 atom stereocenters. The third kappa shape index (κ3) is 3.50. The molecule has 0 saturated heterocycles. The van der Waals surface area contributed by atoms with Crippen LogP contribution >= 0.6 is 11.6 Å². The van der Waals surface area contributed by atoms with E-state index in [1.807, 2.05) is 25.1 Å². The number of aliphatic imine (C=N–C) groups is 1. The van der Waals surface area contributed by atoms with Crippen LogP contribution in [0.5, 0.6) is 0 Å². The van der Waals surface area contributed by atoms with Gasteiger partial charge in [0.2, 0.25) is 0 Å². The zero-order chi connectivity index (χ0) is 19.1. The number of anilines is 1. The molecule has 0 spiro atoms. The Balaban J connectivity index is 1.99. The molecule has 2 nitrogen and oxygen atoms in total. The van der Waals surface area contributed by atoms with Crippen molar-refractivity contribution in [3.05, 3.63) is 57.9 Å². The maximum absolute atomic E-state index is 14.8. The van der Waals surface area contributed by atoms with Gasteiger partial charge in [-0.2, -0.15) is 0 Å². The fraction of sp³-hybridized carbons (Fsp3) is 0.409. The van der Waals surface area contributed by atoms with Gasteiger partial charge in [-0.1, -0.05) is 24.6 Å². The van der Waals surface area contributed by atoms with Crippen molar-refractivity contribution < 1.29 is 4.39 Å². The topological polar surface area (TPSA) is 15.6 Å². The number of fused-ring (bicyclic) bond motifs is 1. The highest BCUT2D eigenvalue weighted by molar-refractivity contribution is 6.31. The molecule has 4 heteroatoms. The predicted octanol–water partition coefficient (Wildman–Crippen LogP) is 6.65. The average Bonchev–Trinajstić information content (AvgIpc) is 2.56. The minimum absolute atomic E-state index is 0.0296. The SMILES string of the molecule is CCN1c2cc(F)c(C=Nc3ccc(C)c(Cl)c3)cc2C(C)CC1(C)C. The summed E-state index contributed by atoms with van der Waals surface area (Å²) in [7, 11) is 0. The van der Waals surface area contributed by atoms with Crippen LogP contribution in [0, 0.1) is 12.7 Å². The molecule has 138 valence electrons. The highest BCUT2D eigenvalue weighted by Crippen LogP contribution is 2.43. The zero-order valence-electron chi connectivity index (χ0n) is 16.1. The predicted molar refractivity (Wildman–Crippen MR) is 110 cm³/mol. The first kappa shape index (κ1) is 18.9. The summed E-state index contributed by atoms with van der Waals surface area (Å²) in [6.07, 6.45) is 2.64. The quantitative estimate of drug-likeness (QED) is 0.550. The molecular weight excluding hydrogens is 347 g/mol. The lowest BCUT2D eigenvalue weighted by Crippen LogP contribution is -2.48. The summed E-state index contributed by atoms with van der Waals surface area (Å²) >= 11 is 6.15. The summed E-state index contributed by atoms with van der Waals surface area (Å²) < 4.78 is 14.8. The summed E-state index contributed by atoms with van der Waals surface area (Å²) in [5.74, 6) is 0.137. The van der Waals surface area contributed by atoms with Crippen LogP contribution in [0.25, 0.3) is 0 Å². The normalized spacial score (nSPS) is 19.0. The van der Waals surface area contributed by atoms with Gasteiger partial charge in [-0.25, -0.2) is 4.39 Å². The molecule has 0 fully saturated rings. The lowest BCUT2D eigenvalue weighted by molar-refractivity contribution is 0.380. The lowest BCUT2D eigenvalue weighted by Gasteiger charge is -2.47. The molecule has 2 aromatic carbocycles. The number of benzene rings is 2. The molecule has 1 aliphatic rings. The van der Waals surface area contributed by atoms with Crippen molar-refractivity contribution >= 4 is 29.2 Å². The van der Waals surface area contributed by atoms with Crippen LogP contribution in [0.4, 0.5) is 15.8 Å². The number of rotatable bonds is 3. The highest BCUT2D eigenvalue weighted by Gasteiger charge is 2.36. The number of hydrogen-bond acceptors (Lipinski definition) is 2. The van der Waals surface area contributed by atoms with E-state index in [9.17, 15) is 4.39 Å². The smallest absolute Gasteiger partial charge is 0.134 e. The Morgan fingerprint density at radius 2 is 2.04 bits per heavy atom. The van der Waals surface area contributed by atoms with Crippen molar-refractivity contribution in [3.8, 4) is 0 Å². The monoisotopic (exact) mass is 372 g/mol. The largest absolute Gasteiger partial charge is 0.366 e. The van der Waals surface area contributed by atoms with Gasteiger partial charge in [-0.3, -0.25) is 4.99 Å². The number of halogens is 2. The first-order chi connectivity index (χ1) is 12.2. The van der Waals surface area contributed by atoms with E-state index in [-0.39, 0.29) is 11.4 Å². The molecule has 3 rings (SSSR count). The van der Waals surface area contributed by atoms with E-state index in [1.54, 1.807) is 18.3 Å². The second-order valence-electron chi connectivity index (χ2n) is 7.79. The molecule has 1 heterocycles. The Morgan fingerprint density at radius 1 is 1.31 bits per heavy atom. The molecule has 0 saturated carbocycles. The van der Waals surface area contributed by atoms with E-state index in [4.69, 9.17) is 11.6 Å². The summed E-state index contributed by atoms with van der Waals surface area (Å²) in [5.41, 5.74) is 4.47. The molecule has 0 amide bonds. The first-order valence-electron chi connectivity index (χ1n) is 9.14. The Morgan fingerprint density at radius 3 is 2.69 bits per heavy atom. The minimum atomic E-state index is -0.242. The van der Waals surface area contributed by atoms with Gasteiger partial charge in [0.25, 0.3) is 0 Å². The number of nitrogens with zero attached hydrogens (tertiary/aromatic N) is 2. The first-order valence-corrected chi connectivity index (χ1v) is 9.52. The van der Waals surface area contributed by atoms with Crippen molar-refractivity contribution in [1.29, 1.82) is 0 Å². The molecule has 0 aromatic heterocycles. The van der Waals surface area contributed by atoms with E-state index in [1.165, 1.54) is 5.56 Å². The van der Waals surface area contributed by atoms with Crippen LogP contribution in [0.1, 0.15) is 56.7 Å². The molecule has 2 aromatic rings. The molecule has 0 aliphatic carbocycles. The summed E-state index contributed by atoms with van der Waals surface area (Å²) in [6.45, 7) is 11.6. The van der Waals surface area contributed by atoms with Gasteiger partial charge in [-0.15, -0.1) is 0 Å². The Bertz CT molecular complexity index is 857. The van der Waals surface area contributed by atoms with Crippen molar-refractivity contribution in [2.24, 2.45) is 4.99 Å².